The summed E-state index contributed by atoms with van der Waals surface area (Å²) in [7, 11) is 1.77. The lowest BCUT2D eigenvalue weighted by atomic mass is 10.1. The second-order valence-electron chi connectivity index (χ2n) is 7.02. The van der Waals surface area contributed by atoms with Crippen LogP contribution >= 0.6 is 0 Å². The van der Waals surface area contributed by atoms with Crippen LogP contribution in [0.3, 0.4) is 0 Å². The summed E-state index contributed by atoms with van der Waals surface area (Å²) in [5.74, 6) is 0.777. The molecule has 1 N–H and O–H groups in total. The molecule has 0 unspecified atom stereocenters. The highest BCUT2D eigenvalue weighted by Gasteiger charge is 2.14. The second-order valence-corrected chi connectivity index (χ2v) is 7.02. The number of benzene rings is 3. The first-order valence-corrected chi connectivity index (χ1v) is 9.80. The number of ether oxygens (including phenoxy) is 1. The number of aryl methyl sites for hydroxylation is 1. The van der Waals surface area contributed by atoms with Crippen LogP contribution in [-0.2, 0) is 13.7 Å². The Hall–Kier alpha value is -4.19. The standard InChI is InChI=1S/C25H21N3O3/c1-28-16-15-26-24(28)23(29)19-11-13-21(14-12-19)27-25(30)20-9-7-18(8-10-20)17-31-22-5-3-2-4-6-22/h2-16H,17H2,1H3,(H,27,30). The van der Waals surface area contributed by atoms with Crippen LogP contribution in [0, 0.1) is 0 Å². The van der Waals surface area contributed by atoms with Crippen LogP contribution in [0.5, 0.6) is 5.75 Å². The summed E-state index contributed by atoms with van der Waals surface area (Å²) in [5, 5.41) is 2.85. The smallest absolute Gasteiger partial charge is 0.255 e. The van der Waals surface area contributed by atoms with Crippen molar-refractivity contribution in [2.45, 2.75) is 6.61 Å². The van der Waals surface area contributed by atoms with E-state index in [-0.39, 0.29) is 11.7 Å². The van der Waals surface area contributed by atoms with E-state index in [1.54, 1.807) is 60.4 Å². The minimum atomic E-state index is -0.223. The molecule has 3 aromatic carbocycles. The summed E-state index contributed by atoms with van der Waals surface area (Å²) in [4.78, 5) is 29.1. The number of rotatable bonds is 7. The van der Waals surface area contributed by atoms with Gasteiger partial charge in [0, 0.05) is 36.3 Å². The molecule has 0 fully saturated rings. The van der Waals surface area contributed by atoms with Crippen molar-refractivity contribution in [1.29, 1.82) is 0 Å². The molecule has 0 spiro atoms. The topological polar surface area (TPSA) is 73.2 Å². The van der Waals surface area contributed by atoms with Crippen molar-refractivity contribution < 1.29 is 14.3 Å². The molecule has 0 atom stereocenters. The van der Waals surface area contributed by atoms with E-state index in [9.17, 15) is 9.59 Å². The van der Waals surface area contributed by atoms with Crippen LogP contribution in [0.25, 0.3) is 0 Å². The maximum Gasteiger partial charge on any atom is 0.255 e. The molecule has 1 aromatic heterocycles. The Morgan fingerprint density at radius 3 is 2.23 bits per heavy atom. The summed E-state index contributed by atoms with van der Waals surface area (Å²) >= 11 is 0. The number of amides is 1. The number of imidazole rings is 1. The number of hydrogen-bond donors (Lipinski definition) is 1. The van der Waals surface area contributed by atoms with E-state index >= 15 is 0 Å². The first kappa shape index (κ1) is 20.1. The highest BCUT2D eigenvalue weighted by molar-refractivity contribution is 6.07. The van der Waals surface area contributed by atoms with Gasteiger partial charge in [0.05, 0.1) is 0 Å². The van der Waals surface area contributed by atoms with Crippen molar-refractivity contribution in [2.24, 2.45) is 7.05 Å². The lowest BCUT2D eigenvalue weighted by Crippen LogP contribution is -2.12. The normalized spacial score (nSPS) is 10.5. The Morgan fingerprint density at radius 2 is 1.58 bits per heavy atom. The van der Waals surface area contributed by atoms with Gasteiger partial charge < -0.3 is 14.6 Å². The van der Waals surface area contributed by atoms with Gasteiger partial charge in [-0.2, -0.15) is 0 Å². The molecule has 1 amide bonds. The Labute approximate surface area is 180 Å². The van der Waals surface area contributed by atoms with E-state index < -0.39 is 0 Å². The fourth-order valence-electron chi connectivity index (χ4n) is 3.06. The molecule has 0 aliphatic rings. The second kappa shape index (κ2) is 9.09. The lowest BCUT2D eigenvalue weighted by molar-refractivity contribution is 0.102. The van der Waals surface area contributed by atoms with E-state index in [0.29, 0.717) is 29.2 Å². The fourth-order valence-corrected chi connectivity index (χ4v) is 3.06. The molecule has 0 saturated carbocycles. The van der Waals surface area contributed by atoms with E-state index in [0.717, 1.165) is 11.3 Å². The van der Waals surface area contributed by atoms with Gasteiger partial charge >= 0.3 is 0 Å². The summed E-state index contributed by atoms with van der Waals surface area (Å²) in [5.41, 5.74) is 2.63. The number of aromatic nitrogens is 2. The van der Waals surface area contributed by atoms with Gasteiger partial charge in [-0.15, -0.1) is 0 Å². The molecule has 31 heavy (non-hydrogen) atoms. The predicted molar refractivity (Wildman–Crippen MR) is 118 cm³/mol. The molecule has 154 valence electrons. The van der Waals surface area contributed by atoms with Gasteiger partial charge in [0.2, 0.25) is 5.78 Å². The van der Waals surface area contributed by atoms with Crippen LogP contribution in [0.4, 0.5) is 5.69 Å². The summed E-state index contributed by atoms with van der Waals surface area (Å²) in [6, 6.07) is 23.6. The van der Waals surface area contributed by atoms with Crippen LogP contribution in [0.2, 0.25) is 0 Å². The number of nitrogens with zero attached hydrogens (tertiary/aromatic N) is 2. The van der Waals surface area contributed by atoms with Crippen molar-refractivity contribution in [3.63, 3.8) is 0 Å². The maximum absolute atomic E-state index is 12.5. The number of anilines is 1. The van der Waals surface area contributed by atoms with Gasteiger partial charge in [-0.25, -0.2) is 4.98 Å². The molecule has 0 saturated heterocycles. The van der Waals surface area contributed by atoms with Crippen LogP contribution in [0.1, 0.15) is 32.1 Å². The number of nitrogens with one attached hydrogen (secondary N) is 1. The van der Waals surface area contributed by atoms with Crippen molar-refractivity contribution in [3.8, 4) is 5.75 Å². The van der Waals surface area contributed by atoms with Crippen molar-refractivity contribution >= 4 is 17.4 Å². The number of ketones is 1. The molecule has 0 bridgehead atoms. The van der Waals surface area contributed by atoms with Crippen molar-refractivity contribution in [1.82, 2.24) is 9.55 Å². The Kier molecular flexibility index (Phi) is 5.89. The molecular weight excluding hydrogens is 390 g/mol. The zero-order chi connectivity index (χ0) is 21.6. The Balaban J connectivity index is 1.35. The summed E-state index contributed by atoms with van der Waals surface area (Å²) in [6.45, 7) is 0.428. The van der Waals surface area contributed by atoms with E-state index in [1.807, 2.05) is 42.5 Å². The third-order valence-electron chi connectivity index (χ3n) is 4.79. The zero-order valence-corrected chi connectivity index (χ0v) is 17.0. The minimum absolute atomic E-state index is 0.168. The number of carbonyl (C=O) groups excluding carboxylic acids is 2. The van der Waals surface area contributed by atoms with Gasteiger partial charge in [-0.1, -0.05) is 30.3 Å². The van der Waals surface area contributed by atoms with Crippen LogP contribution in [0.15, 0.2) is 91.3 Å². The predicted octanol–water partition coefficient (Wildman–Crippen LogP) is 4.48. The Morgan fingerprint density at radius 1 is 0.903 bits per heavy atom. The van der Waals surface area contributed by atoms with E-state index in [2.05, 4.69) is 10.3 Å². The molecule has 6 heteroatoms. The number of carbonyl (C=O) groups is 2. The quantitative estimate of drug-likeness (QED) is 0.455. The molecular formula is C25H21N3O3. The molecule has 4 aromatic rings. The average molecular weight is 411 g/mol. The number of para-hydroxylation sites is 1. The minimum Gasteiger partial charge on any atom is -0.489 e. The highest BCUT2D eigenvalue weighted by Crippen LogP contribution is 2.16. The van der Waals surface area contributed by atoms with Gasteiger partial charge in [0.25, 0.3) is 5.91 Å². The lowest BCUT2D eigenvalue weighted by Gasteiger charge is -2.08. The third kappa shape index (κ3) is 4.87. The van der Waals surface area contributed by atoms with E-state index in [1.165, 1.54) is 0 Å². The summed E-state index contributed by atoms with van der Waals surface area (Å²) < 4.78 is 7.39. The van der Waals surface area contributed by atoms with Gasteiger partial charge in [-0.3, -0.25) is 9.59 Å². The van der Waals surface area contributed by atoms with Crippen LogP contribution in [-0.4, -0.2) is 21.2 Å². The molecule has 0 aliphatic heterocycles. The molecule has 1 heterocycles. The van der Waals surface area contributed by atoms with Crippen LogP contribution < -0.4 is 10.1 Å². The third-order valence-corrected chi connectivity index (χ3v) is 4.79. The highest BCUT2D eigenvalue weighted by atomic mass is 16.5. The van der Waals surface area contributed by atoms with Gasteiger partial charge in [0.15, 0.2) is 5.82 Å². The SMILES string of the molecule is Cn1ccnc1C(=O)c1ccc(NC(=O)c2ccc(COc3ccccc3)cc2)cc1. The van der Waals surface area contributed by atoms with Gasteiger partial charge in [-0.05, 0) is 54.1 Å². The molecule has 0 radical (unpaired) electrons. The first-order chi connectivity index (χ1) is 15.1. The molecule has 0 aliphatic carbocycles. The van der Waals surface area contributed by atoms with E-state index in [4.69, 9.17) is 4.74 Å². The van der Waals surface area contributed by atoms with Crippen molar-refractivity contribution in [3.05, 3.63) is 114 Å². The zero-order valence-electron chi connectivity index (χ0n) is 17.0. The Bertz CT molecular complexity index is 1180. The fraction of sp³-hybridized carbons (Fsp3) is 0.0800. The average Bonchev–Trinajstić information content (AvgIpc) is 3.24. The monoisotopic (exact) mass is 411 g/mol. The summed E-state index contributed by atoms with van der Waals surface area (Å²) in [6.07, 6.45) is 3.31. The molecule has 6 nitrogen and oxygen atoms in total. The maximum atomic E-state index is 12.5. The van der Waals surface area contributed by atoms with Crippen molar-refractivity contribution in [2.75, 3.05) is 5.32 Å². The first-order valence-electron chi connectivity index (χ1n) is 9.80. The molecule has 4 rings (SSSR count). The van der Waals surface area contributed by atoms with Gasteiger partial charge in [0.1, 0.15) is 12.4 Å². The largest absolute Gasteiger partial charge is 0.489 e. The number of hydrogen-bond acceptors (Lipinski definition) is 4.